The van der Waals surface area contributed by atoms with Gasteiger partial charge in [0.1, 0.15) is 0 Å². The molecular formula is C20H30Cl2N2O2. The van der Waals surface area contributed by atoms with Crippen LogP contribution in [0, 0.1) is 0 Å². The third-order valence-corrected chi connectivity index (χ3v) is 4.29. The summed E-state index contributed by atoms with van der Waals surface area (Å²) in [5.41, 5.74) is 1.83. The van der Waals surface area contributed by atoms with E-state index in [1.54, 1.807) is 0 Å². The smallest absolute Gasteiger partial charge is 0.0940 e. The molecule has 0 amide bonds. The number of hydrogen-bond donors (Lipinski definition) is 4. The molecular weight excluding hydrogens is 371 g/mol. The van der Waals surface area contributed by atoms with Crippen molar-refractivity contribution in [1.82, 2.24) is 10.6 Å². The Morgan fingerprint density at radius 3 is 1.27 bits per heavy atom. The van der Waals surface area contributed by atoms with Gasteiger partial charge < -0.3 is 20.8 Å². The minimum absolute atomic E-state index is 0. The predicted octanol–water partition coefficient (Wildman–Crippen LogP) is 3.25. The van der Waals surface area contributed by atoms with Crippen LogP contribution in [0.4, 0.5) is 0 Å². The summed E-state index contributed by atoms with van der Waals surface area (Å²) in [5.74, 6) is 0. The van der Waals surface area contributed by atoms with Crippen LogP contribution in [0.25, 0.3) is 0 Å². The molecule has 4 N–H and O–H groups in total. The molecule has 0 aliphatic carbocycles. The number of aliphatic hydroxyl groups is 2. The maximum absolute atomic E-state index is 10.3. The summed E-state index contributed by atoms with van der Waals surface area (Å²) in [4.78, 5) is 0. The lowest BCUT2D eigenvalue weighted by Gasteiger charge is -2.23. The Bertz CT molecular complexity index is 533. The van der Waals surface area contributed by atoms with Crippen LogP contribution in [0.3, 0.4) is 0 Å². The third kappa shape index (κ3) is 7.62. The maximum atomic E-state index is 10.3. The van der Waals surface area contributed by atoms with Gasteiger partial charge in [-0.15, -0.1) is 24.8 Å². The summed E-state index contributed by atoms with van der Waals surface area (Å²) in [6.07, 6.45) is -1.06. The normalized spacial score (nSPS) is 15.1. The van der Waals surface area contributed by atoms with E-state index in [0.29, 0.717) is 0 Å². The molecule has 0 heterocycles. The first-order valence-corrected chi connectivity index (χ1v) is 8.52. The van der Waals surface area contributed by atoms with Gasteiger partial charge in [0.2, 0.25) is 0 Å². The van der Waals surface area contributed by atoms with Crippen molar-refractivity contribution >= 4 is 24.8 Å². The average molecular weight is 401 g/mol. The molecule has 6 heteroatoms. The predicted molar refractivity (Wildman–Crippen MR) is 112 cm³/mol. The van der Waals surface area contributed by atoms with Gasteiger partial charge in [-0.3, -0.25) is 0 Å². The molecule has 0 spiro atoms. The van der Waals surface area contributed by atoms with Crippen LogP contribution in [0.15, 0.2) is 60.7 Å². The Hall–Kier alpha value is -1.14. The fraction of sp³-hybridized carbons (Fsp3) is 0.400. The van der Waals surface area contributed by atoms with Gasteiger partial charge in [0.15, 0.2) is 0 Å². The van der Waals surface area contributed by atoms with Gasteiger partial charge in [0.25, 0.3) is 0 Å². The van der Waals surface area contributed by atoms with Gasteiger partial charge in [-0.25, -0.2) is 0 Å². The maximum Gasteiger partial charge on any atom is 0.0940 e. The van der Waals surface area contributed by atoms with Crippen molar-refractivity contribution < 1.29 is 10.2 Å². The van der Waals surface area contributed by atoms with Gasteiger partial charge in [-0.2, -0.15) is 0 Å². The zero-order chi connectivity index (χ0) is 17.4. The van der Waals surface area contributed by atoms with E-state index in [9.17, 15) is 10.2 Å². The summed E-state index contributed by atoms with van der Waals surface area (Å²) in [5, 5.41) is 27.3. The molecule has 0 aliphatic heterocycles. The molecule has 4 atom stereocenters. The molecule has 0 bridgehead atoms. The monoisotopic (exact) mass is 400 g/mol. The van der Waals surface area contributed by atoms with E-state index in [0.717, 1.165) is 24.2 Å². The fourth-order valence-corrected chi connectivity index (χ4v) is 2.70. The zero-order valence-corrected chi connectivity index (χ0v) is 16.8. The van der Waals surface area contributed by atoms with E-state index >= 15 is 0 Å². The number of benzene rings is 2. The minimum atomic E-state index is -0.529. The van der Waals surface area contributed by atoms with Crippen molar-refractivity contribution in [2.45, 2.75) is 38.1 Å². The largest absolute Gasteiger partial charge is 0.387 e. The molecule has 0 fully saturated rings. The number of halogens is 2. The van der Waals surface area contributed by atoms with Crippen LogP contribution in [0.2, 0.25) is 0 Å². The van der Waals surface area contributed by atoms with Gasteiger partial charge in [-0.05, 0) is 25.0 Å². The number of rotatable bonds is 9. The first-order chi connectivity index (χ1) is 11.6. The Kier molecular flexibility index (Phi) is 12.5. The molecule has 26 heavy (non-hydrogen) atoms. The van der Waals surface area contributed by atoms with Gasteiger partial charge >= 0.3 is 0 Å². The van der Waals surface area contributed by atoms with E-state index in [1.807, 2.05) is 74.5 Å². The van der Waals surface area contributed by atoms with Crippen LogP contribution in [-0.2, 0) is 0 Å². The molecule has 0 radical (unpaired) electrons. The zero-order valence-electron chi connectivity index (χ0n) is 15.2. The van der Waals surface area contributed by atoms with E-state index in [-0.39, 0.29) is 36.9 Å². The average Bonchev–Trinajstić information content (AvgIpc) is 2.65. The Morgan fingerprint density at radius 2 is 0.962 bits per heavy atom. The second-order valence-corrected chi connectivity index (χ2v) is 6.20. The molecule has 0 saturated carbocycles. The van der Waals surface area contributed by atoms with Crippen LogP contribution in [0.5, 0.6) is 0 Å². The molecule has 2 aromatic carbocycles. The summed E-state index contributed by atoms with van der Waals surface area (Å²) in [6, 6.07) is 19.2. The Labute approximate surface area is 168 Å². The molecule has 2 aromatic rings. The SMILES string of the molecule is C[C@H](NCCN[C@@H](C)[C@H](O)c1ccccc1)[C@H](O)c1ccccc1.Cl.Cl. The first-order valence-electron chi connectivity index (χ1n) is 8.52. The highest BCUT2D eigenvalue weighted by Gasteiger charge is 2.17. The van der Waals surface area contributed by atoms with Crippen molar-refractivity contribution in [3.05, 3.63) is 71.8 Å². The second-order valence-electron chi connectivity index (χ2n) is 6.20. The molecule has 2 rings (SSSR count). The molecule has 0 saturated heterocycles. The minimum Gasteiger partial charge on any atom is -0.387 e. The molecule has 0 unspecified atom stereocenters. The Balaban J connectivity index is 0.00000312. The van der Waals surface area contributed by atoms with E-state index in [4.69, 9.17) is 0 Å². The number of nitrogens with one attached hydrogen (secondary N) is 2. The quantitative estimate of drug-likeness (QED) is 0.487. The van der Waals surface area contributed by atoms with Crippen LogP contribution >= 0.6 is 24.8 Å². The fourth-order valence-electron chi connectivity index (χ4n) is 2.70. The molecule has 0 aromatic heterocycles. The van der Waals surface area contributed by atoms with E-state index in [2.05, 4.69) is 10.6 Å². The topological polar surface area (TPSA) is 64.5 Å². The number of hydrogen-bond acceptors (Lipinski definition) is 4. The summed E-state index contributed by atoms with van der Waals surface area (Å²) in [7, 11) is 0. The van der Waals surface area contributed by atoms with E-state index in [1.165, 1.54) is 0 Å². The highest BCUT2D eigenvalue weighted by Crippen LogP contribution is 2.16. The number of aliphatic hydroxyl groups excluding tert-OH is 2. The molecule has 0 aliphatic rings. The summed E-state index contributed by atoms with van der Waals surface area (Å²) >= 11 is 0. The van der Waals surface area contributed by atoms with Crippen LogP contribution in [-0.4, -0.2) is 35.4 Å². The lowest BCUT2D eigenvalue weighted by molar-refractivity contribution is 0.129. The Morgan fingerprint density at radius 1 is 0.654 bits per heavy atom. The van der Waals surface area contributed by atoms with Gasteiger partial charge in [0.05, 0.1) is 12.2 Å². The standard InChI is InChI=1S/C20H28N2O2.2ClH/c1-15(19(23)17-9-5-3-6-10-17)21-13-14-22-16(2)20(24)18-11-7-4-8-12-18;;/h3-12,15-16,19-24H,13-14H2,1-2H3;2*1H/t15-,16-,19-,20-;;/m0../s1. The van der Waals surface area contributed by atoms with Crippen molar-refractivity contribution in [2.24, 2.45) is 0 Å². The van der Waals surface area contributed by atoms with Gasteiger partial charge in [-0.1, -0.05) is 60.7 Å². The summed E-state index contributed by atoms with van der Waals surface area (Å²) < 4.78 is 0. The highest BCUT2D eigenvalue weighted by molar-refractivity contribution is 5.85. The summed E-state index contributed by atoms with van der Waals surface area (Å²) in [6.45, 7) is 5.38. The van der Waals surface area contributed by atoms with Crippen molar-refractivity contribution in [2.75, 3.05) is 13.1 Å². The molecule has 4 nitrogen and oxygen atoms in total. The second kappa shape index (κ2) is 13.1. The van der Waals surface area contributed by atoms with Crippen molar-refractivity contribution in [1.29, 1.82) is 0 Å². The third-order valence-electron chi connectivity index (χ3n) is 4.29. The van der Waals surface area contributed by atoms with Crippen LogP contribution in [0.1, 0.15) is 37.2 Å². The van der Waals surface area contributed by atoms with E-state index < -0.39 is 12.2 Å². The van der Waals surface area contributed by atoms with Crippen LogP contribution < -0.4 is 10.6 Å². The van der Waals surface area contributed by atoms with Crippen molar-refractivity contribution in [3.8, 4) is 0 Å². The molecule has 146 valence electrons. The lowest BCUT2D eigenvalue weighted by Crippen LogP contribution is -2.40. The first kappa shape index (κ1) is 24.9. The highest BCUT2D eigenvalue weighted by atomic mass is 35.5. The lowest BCUT2D eigenvalue weighted by atomic mass is 10.0. The van der Waals surface area contributed by atoms with Crippen molar-refractivity contribution in [3.63, 3.8) is 0 Å². The van der Waals surface area contributed by atoms with Gasteiger partial charge in [0, 0.05) is 25.2 Å².